The molecule has 0 amide bonds. The van der Waals surface area contributed by atoms with Gasteiger partial charge >= 0.3 is 0 Å². The van der Waals surface area contributed by atoms with Crippen molar-refractivity contribution < 1.29 is 14.2 Å². The predicted octanol–water partition coefficient (Wildman–Crippen LogP) is 7.82. The van der Waals surface area contributed by atoms with Gasteiger partial charge in [-0.15, -0.1) is 11.8 Å². The molecule has 0 unspecified atom stereocenters. The lowest BCUT2D eigenvalue weighted by atomic mass is 10.1. The monoisotopic (exact) mass is 442 g/mol. The van der Waals surface area contributed by atoms with Crippen LogP contribution in [0.15, 0.2) is 30.3 Å². The van der Waals surface area contributed by atoms with E-state index in [9.17, 15) is 0 Å². The zero-order valence-corrected chi connectivity index (χ0v) is 20.9. The minimum Gasteiger partial charge on any atom is -0.374 e. The van der Waals surface area contributed by atoms with Crippen LogP contribution >= 0.6 is 0 Å². The molecule has 0 N–H and O–H groups in total. The summed E-state index contributed by atoms with van der Waals surface area (Å²) < 4.78 is 18.1. The first kappa shape index (κ1) is 26.9. The summed E-state index contributed by atoms with van der Waals surface area (Å²) >= 11 is 0. The number of hydrogen-bond acceptors (Lipinski definition) is 3. The van der Waals surface area contributed by atoms with Crippen LogP contribution in [0, 0.1) is 11.8 Å². The second-order valence-electron chi connectivity index (χ2n) is 9.61. The summed E-state index contributed by atoms with van der Waals surface area (Å²) in [5, 5.41) is 0. The first-order valence-corrected chi connectivity index (χ1v) is 13.0. The Balaban J connectivity index is 1.54. The molecule has 1 aromatic carbocycles. The molecule has 0 saturated carbocycles. The van der Waals surface area contributed by atoms with Crippen LogP contribution in [0.2, 0.25) is 0 Å². The quantitative estimate of drug-likeness (QED) is 0.205. The van der Waals surface area contributed by atoms with Crippen molar-refractivity contribution in [2.45, 2.75) is 129 Å². The summed E-state index contributed by atoms with van der Waals surface area (Å²) in [5.41, 5.74) is 1.19. The first-order chi connectivity index (χ1) is 15.6. The standard InChI is InChI=1S/C29H46O3/c1-4-5-6-7-8-9-10-11-12-13-14-15-19-22-27-23-28(32-29(2,3)31-27)25-30-24-26-20-17-16-18-21-26/h16-18,20-21,27-28H,4-14,22-25H2,1-3H3/t27-,28-/m1/s1. The van der Waals surface area contributed by atoms with E-state index >= 15 is 0 Å². The third-order valence-corrected chi connectivity index (χ3v) is 5.95. The van der Waals surface area contributed by atoms with Gasteiger partial charge in [-0.1, -0.05) is 95.0 Å². The molecule has 3 nitrogen and oxygen atoms in total. The Labute approximate surface area is 197 Å². The fraction of sp³-hybridized carbons (Fsp3) is 0.724. The van der Waals surface area contributed by atoms with E-state index in [1.165, 1.54) is 69.8 Å². The molecule has 3 heteroatoms. The van der Waals surface area contributed by atoms with Crippen molar-refractivity contribution in [1.82, 2.24) is 0 Å². The van der Waals surface area contributed by atoms with Crippen molar-refractivity contribution in [3.05, 3.63) is 35.9 Å². The first-order valence-electron chi connectivity index (χ1n) is 13.0. The molecule has 1 heterocycles. The van der Waals surface area contributed by atoms with Crippen molar-refractivity contribution in [3.8, 4) is 11.8 Å². The van der Waals surface area contributed by atoms with Gasteiger partial charge in [0.05, 0.1) is 25.4 Å². The second kappa shape index (κ2) is 16.3. The summed E-state index contributed by atoms with van der Waals surface area (Å²) in [4.78, 5) is 0. The molecule has 0 radical (unpaired) electrons. The smallest absolute Gasteiger partial charge is 0.163 e. The van der Waals surface area contributed by atoms with Crippen molar-refractivity contribution in [2.75, 3.05) is 6.61 Å². The maximum Gasteiger partial charge on any atom is 0.163 e. The largest absolute Gasteiger partial charge is 0.374 e. The molecule has 2 atom stereocenters. The molecular weight excluding hydrogens is 396 g/mol. The Hall–Kier alpha value is -1.34. The summed E-state index contributed by atoms with van der Waals surface area (Å²) in [6.45, 7) is 7.46. The van der Waals surface area contributed by atoms with Crippen LogP contribution in [-0.2, 0) is 20.8 Å². The van der Waals surface area contributed by atoms with Crippen LogP contribution < -0.4 is 0 Å². The van der Waals surface area contributed by atoms with E-state index in [4.69, 9.17) is 14.2 Å². The Kier molecular flexibility index (Phi) is 13.7. The molecule has 0 spiro atoms. The molecule has 1 fully saturated rings. The van der Waals surface area contributed by atoms with Crippen LogP contribution in [0.3, 0.4) is 0 Å². The normalized spacial score (nSPS) is 20.0. The van der Waals surface area contributed by atoms with E-state index in [1.54, 1.807) is 0 Å². The Morgan fingerprint density at radius 2 is 1.47 bits per heavy atom. The Bertz CT molecular complexity index is 643. The van der Waals surface area contributed by atoms with Gasteiger partial charge in [0.15, 0.2) is 5.79 Å². The number of benzene rings is 1. The highest BCUT2D eigenvalue weighted by Crippen LogP contribution is 2.28. The molecule has 1 aromatic rings. The summed E-state index contributed by atoms with van der Waals surface area (Å²) in [6, 6.07) is 10.3. The van der Waals surface area contributed by atoms with Gasteiger partial charge in [-0.3, -0.25) is 0 Å². The Morgan fingerprint density at radius 1 is 0.844 bits per heavy atom. The van der Waals surface area contributed by atoms with E-state index in [0.29, 0.717) is 13.2 Å². The van der Waals surface area contributed by atoms with Crippen molar-refractivity contribution in [1.29, 1.82) is 0 Å². The van der Waals surface area contributed by atoms with E-state index in [0.717, 1.165) is 19.3 Å². The van der Waals surface area contributed by atoms with Crippen LogP contribution in [0.25, 0.3) is 0 Å². The van der Waals surface area contributed by atoms with Crippen LogP contribution in [-0.4, -0.2) is 24.6 Å². The van der Waals surface area contributed by atoms with Gasteiger partial charge < -0.3 is 14.2 Å². The van der Waals surface area contributed by atoms with Gasteiger partial charge in [0.2, 0.25) is 0 Å². The predicted molar refractivity (Wildman–Crippen MR) is 133 cm³/mol. The van der Waals surface area contributed by atoms with Crippen LogP contribution in [0.4, 0.5) is 0 Å². The SMILES string of the molecule is CCCCCCCCCCCCC#CC[C@@H]1C[C@H](COCc2ccccc2)OC(C)(C)O1. The summed E-state index contributed by atoms with van der Waals surface area (Å²) in [5.74, 6) is 6.14. The highest BCUT2D eigenvalue weighted by molar-refractivity contribution is 5.13. The van der Waals surface area contributed by atoms with Gasteiger partial charge in [-0.2, -0.15) is 0 Å². The zero-order valence-electron chi connectivity index (χ0n) is 20.9. The van der Waals surface area contributed by atoms with Gasteiger partial charge in [0.25, 0.3) is 0 Å². The van der Waals surface area contributed by atoms with Crippen molar-refractivity contribution in [2.24, 2.45) is 0 Å². The average Bonchev–Trinajstić information content (AvgIpc) is 2.77. The molecule has 180 valence electrons. The van der Waals surface area contributed by atoms with Gasteiger partial charge in [0, 0.05) is 19.3 Å². The lowest BCUT2D eigenvalue weighted by Crippen LogP contribution is -2.46. The fourth-order valence-electron chi connectivity index (χ4n) is 4.30. The molecule has 0 bridgehead atoms. The lowest BCUT2D eigenvalue weighted by Gasteiger charge is -2.40. The molecule has 2 rings (SSSR count). The molecule has 0 aliphatic carbocycles. The van der Waals surface area contributed by atoms with Gasteiger partial charge in [0.1, 0.15) is 0 Å². The van der Waals surface area contributed by atoms with E-state index in [-0.39, 0.29) is 12.2 Å². The lowest BCUT2D eigenvalue weighted by molar-refractivity contribution is -0.304. The number of hydrogen-bond donors (Lipinski definition) is 0. The molecule has 1 aliphatic heterocycles. The highest BCUT2D eigenvalue weighted by Gasteiger charge is 2.35. The minimum absolute atomic E-state index is 0.0521. The summed E-state index contributed by atoms with van der Waals surface area (Å²) in [7, 11) is 0. The number of ether oxygens (including phenoxy) is 3. The second-order valence-corrected chi connectivity index (χ2v) is 9.61. The third kappa shape index (κ3) is 12.6. The molecule has 32 heavy (non-hydrogen) atoms. The number of rotatable bonds is 15. The topological polar surface area (TPSA) is 27.7 Å². The van der Waals surface area contributed by atoms with Crippen molar-refractivity contribution >= 4 is 0 Å². The van der Waals surface area contributed by atoms with E-state index < -0.39 is 5.79 Å². The maximum atomic E-state index is 6.10. The van der Waals surface area contributed by atoms with Gasteiger partial charge in [-0.05, 0) is 25.8 Å². The molecule has 1 aliphatic rings. The zero-order chi connectivity index (χ0) is 22.9. The van der Waals surface area contributed by atoms with Gasteiger partial charge in [-0.25, -0.2) is 0 Å². The minimum atomic E-state index is -0.581. The van der Waals surface area contributed by atoms with E-state index in [1.807, 2.05) is 32.0 Å². The highest BCUT2D eigenvalue weighted by atomic mass is 16.7. The maximum absolute atomic E-state index is 6.10. The fourth-order valence-corrected chi connectivity index (χ4v) is 4.30. The third-order valence-electron chi connectivity index (χ3n) is 5.95. The summed E-state index contributed by atoms with van der Waals surface area (Å²) in [6.07, 6.45) is 16.5. The average molecular weight is 443 g/mol. The van der Waals surface area contributed by atoms with Crippen LogP contribution in [0.5, 0.6) is 0 Å². The van der Waals surface area contributed by atoms with Crippen LogP contribution in [0.1, 0.15) is 110 Å². The molecule has 0 aromatic heterocycles. The molecule has 1 saturated heterocycles. The van der Waals surface area contributed by atoms with Crippen molar-refractivity contribution in [3.63, 3.8) is 0 Å². The number of unbranched alkanes of at least 4 members (excludes halogenated alkanes) is 10. The Morgan fingerprint density at radius 3 is 2.16 bits per heavy atom. The van der Waals surface area contributed by atoms with E-state index in [2.05, 4.69) is 30.9 Å². The molecular formula is C29H46O3.